The van der Waals surface area contributed by atoms with Gasteiger partial charge < -0.3 is 13.9 Å². The van der Waals surface area contributed by atoms with Gasteiger partial charge in [-0.3, -0.25) is 4.79 Å². The minimum Gasteiger partial charge on any atom is -0.461 e. The fourth-order valence-electron chi connectivity index (χ4n) is 2.00. The average Bonchev–Trinajstić information content (AvgIpc) is 3.04. The molecule has 0 aliphatic rings. The predicted octanol–water partition coefficient (Wildman–Crippen LogP) is 3.00. The van der Waals surface area contributed by atoms with Crippen LogP contribution in [0, 0.1) is 0 Å². The van der Waals surface area contributed by atoms with Gasteiger partial charge in [0.25, 0.3) is 0 Å². The first-order chi connectivity index (χ1) is 8.83. The van der Waals surface area contributed by atoms with E-state index in [0.717, 1.165) is 11.7 Å². The molecule has 0 bridgehead atoms. The van der Waals surface area contributed by atoms with Crippen molar-refractivity contribution < 1.29 is 18.7 Å². The summed E-state index contributed by atoms with van der Waals surface area (Å²) >= 11 is 0. The predicted molar refractivity (Wildman–Crippen MR) is 65.2 cm³/mol. The third kappa shape index (κ3) is 1.55. The highest BCUT2D eigenvalue weighted by Crippen LogP contribution is 2.34. The Morgan fingerprint density at radius 2 is 2.17 bits per heavy atom. The van der Waals surface area contributed by atoms with Crippen LogP contribution in [0.25, 0.3) is 22.5 Å². The standard InChI is InChI=1S/C14H10O4/c15-7-9-3-4-12-10(6-9)11(8-16)14(18-12)13-2-1-5-17-13/h1-7,16H,8H2. The quantitative estimate of drug-likeness (QED) is 0.717. The number of carbonyl (C=O) groups excluding carboxylic acids is 1. The summed E-state index contributed by atoms with van der Waals surface area (Å²) in [5.74, 6) is 1.06. The summed E-state index contributed by atoms with van der Waals surface area (Å²) < 4.78 is 10.9. The third-order valence-corrected chi connectivity index (χ3v) is 2.85. The van der Waals surface area contributed by atoms with Gasteiger partial charge in [0.2, 0.25) is 0 Å². The number of aliphatic hydroxyl groups is 1. The second kappa shape index (κ2) is 4.16. The highest BCUT2D eigenvalue weighted by atomic mass is 16.4. The van der Waals surface area contributed by atoms with E-state index in [0.29, 0.717) is 28.2 Å². The first-order valence-electron chi connectivity index (χ1n) is 5.49. The number of carbonyl (C=O) groups is 1. The summed E-state index contributed by atoms with van der Waals surface area (Å²) in [6.45, 7) is -0.175. The zero-order valence-electron chi connectivity index (χ0n) is 9.42. The van der Waals surface area contributed by atoms with Crippen LogP contribution in [0.15, 0.2) is 45.4 Å². The van der Waals surface area contributed by atoms with Crippen molar-refractivity contribution in [2.24, 2.45) is 0 Å². The van der Waals surface area contributed by atoms with Crippen LogP contribution in [0.2, 0.25) is 0 Å². The number of aldehydes is 1. The summed E-state index contributed by atoms with van der Waals surface area (Å²) in [6, 6.07) is 8.60. The molecule has 0 aliphatic carbocycles. The number of rotatable bonds is 3. The highest BCUT2D eigenvalue weighted by Gasteiger charge is 2.17. The van der Waals surface area contributed by atoms with E-state index in [1.807, 2.05) is 0 Å². The Hall–Kier alpha value is -2.33. The molecule has 0 aliphatic heterocycles. The summed E-state index contributed by atoms with van der Waals surface area (Å²) in [7, 11) is 0. The Morgan fingerprint density at radius 1 is 1.28 bits per heavy atom. The first kappa shape index (κ1) is 10.8. The maximum Gasteiger partial charge on any atom is 0.176 e. The molecular formula is C14H10O4. The molecule has 90 valence electrons. The minimum atomic E-state index is -0.175. The fourth-order valence-corrected chi connectivity index (χ4v) is 2.00. The molecule has 1 N–H and O–H groups in total. The lowest BCUT2D eigenvalue weighted by molar-refractivity contribution is 0.112. The molecule has 0 radical (unpaired) electrons. The molecule has 4 heteroatoms. The lowest BCUT2D eigenvalue weighted by atomic mass is 10.1. The normalized spacial score (nSPS) is 10.9. The van der Waals surface area contributed by atoms with E-state index in [2.05, 4.69) is 0 Å². The van der Waals surface area contributed by atoms with Gasteiger partial charge in [-0.05, 0) is 30.3 Å². The summed E-state index contributed by atoms with van der Waals surface area (Å²) in [4.78, 5) is 10.8. The van der Waals surface area contributed by atoms with Gasteiger partial charge in [0.1, 0.15) is 11.9 Å². The largest absolute Gasteiger partial charge is 0.461 e. The Balaban J connectivity index is 2.30. The molecular weight excluding hydrogens is 232 g/mol. The monoisotopic (exact) mass is 242 g/mol. The Labute approximate surface area is 102 Å². The van der Waals surface area contributed by atoms with Crippen molar-refractivity contribution >= 4 is 17.3 Å². The van der Waals surface area contributed by atoms with E-state index in [-0.39, 0.29) is 6.61 Å². The molecule has 0 saturated carbocycles. The van der Waals surface area contributed by atoms with Crippen LogP contribution < -0.4 is 0 Å². The molecule has 18 heavy (non-hydrogen) atoms. The number of benzene rings is 1. The van der Waals surface area contributed by atoms with Gasteiger partial charge in [-0.15, -0.1) is 0 Å². The van der Waals surface area contributed by atoms with Gasteiger partial charge in [-0.1, -0.05) is 0 Å². The summed E-state index contributed by atoms with van der Waals surface area (Å²) in [5.41, 5.74) is 1.80. The van der Waals surface area contributed by atoms with Crippen LogP contribution in [0.3, 0.4) is 0 Å². The van der Waals surface area contributed by atoms with E-state index in [1.54, 1.807) is 36.6 Å². The third-order valence-electron chi connectivity index (χ3n) is 2.85. The SMILES string of the molecule is O=Cc1ccc2oc(-c3ccco3)c(CO)c2c1. The van der Waals surface area contributed by atoms with Crippen LogP contribution in [0.1, 0.15) is 15.9 Å². The Bertz CT molecular complexity index is 692. The highest BCUT2D eigenvalue weighted by molar-refractivity contribution is 5.91. The van der Waals surface area contributed by atoms with Crippen LogP contribution in [0.5, 0.6) is 0 Å². The van der Waals surface area contributed by atoms with E-state index in [4.69, 9.17) is 8.83 Å². The Morgan fingerprint density at radius 3 is 2.83 bits per heavy atom. The first-order valence-corrected chi connectivity index (χ1v) is 5.49. The molecule has 3 rings (SSSR count). The van der Waals surface area contributed by atoms with E-state index in [1.165, 1.54) is 0 Å². The minimum absolute atomic E-state index is 0.175. The molecule has 4 nitrogen and oxygen atoms in total. The smallest absolute Gasteiger partial charge is 0.176 e. The van der Waals surface area contributed by atoms with Gasteiger partial charge in [0, 0.05) is 16.5 Å². The van der Waals surface area contributed by atoms with Crippen molar-refractivity contribution in [3.05, 3.63) is 47.7 Å². The van der Waals surface area contributed by atoms with Gasteiger partial charge in [-0.25, -0.2) is 0 Å². The molecule has 0 unspecified atom stereocenters. The average molecular weight is 242 g/mol. The van der Waals surface area contributed by atoms with E-state index in [9.17, 15) is 9.90 Å². The summed E-state index contributed by atoms with van der Waals surface area (Å²) in [6.07, 6.45) is 2.31. The molecule has 2 aromatic heterocycles. The lowest BCUT2D eigenvalue weighted by Crippen LogP contribution is -1.85. The maximum atomic E-state index is 10.8. The van der Waals surface area contributed by atoms with Crippen molar-refractivity contribution in [3.63, 3.8) is 0 Å². The van der Waals surface area contributed by atoms with Crippen molar-refractivity contribution in [1.29, 1.82) is 0 Å². The van der Waals surface area contributed by atoms with Crippen molar-refractivity contribution in [3.8, 4) is 11.5 Å². The number of aliphatic hydroxyl groups excluding tert-OH is 1. The van der Waals surface area contributed by atoms with Crippen molar-refractivity contribution in [2.45, 2.75) is 6.61 Å². The maximum absolute atomic E-state index is 10.8. The molecule has 2 heterocycles. The lowest BCUT2D eigenvalue weighted by Gasteiger charge is -1.95. The molecule has 0 saturated heterocycles. The molecule has 0 atom stereocenters. The topological polar surface area (TPSA) is 63.6 Å². The van der Waals surface area contributed by atoms with Crippen molar-refractivity contribution in [2.75, 3.05) is 0 Å². The van der Waals surface area contributed by atoms with Crippen LogP contribution in [0.4, 0.5) is 0 Å². The zero-order chi connectivity index (χ0) is 12.5. The zero-order valence-corrected chi connectivity index (χ0v) is 9.42. The van der Waals surface area contributed by atoms with Gasteiger partial charge >= 0.3 is 0 Å². The second-order valence-corrected chi connectivity index (χ2v) is 3.92. The van der Waals surface area contributed by atoms with Gasteiger partial charge in [0.05, 0.1) is 12.9 Å². The van der Waals surface area contributed by atoms with Gasteiger partial charge in [-0.2, -0.15) is 0 Å². The Kier molecular flexibility index (Phi) is 2.50. The molecule has 3 aromatic rings. The number of hydrogen-bond acceptors (Lipinski definition) is 4. The van der Waals surface area contributed by atoms with E-state index >= 15 is 0 Å². The van der Waals surface area contributed by atoms with E-state index < -0.39 is 0 Å². The summed E-state index contributed by atoms with van der Waals surface area (Å²) in [5, 5.41) is 10.2. The molecule has 0 amide bonds. The number of fused-ring (bicyclic) bond motifs is 1. The van der Waals surface area contributed by atoms with Crippen LogP contribution in [-0.2, 0) is 6.61 Å². The molecule has 0 fully saturated rings. The number of furan rings is 2. The molecule has 1 aromatic carbocycles. The second-order valence-electron chi connectivity index (χ2n) is 3.92. The molecule has 0 spiro atoms. The van der Waals surface area contributed by atoms with Gasteiger partial charge in [0.15, 0.2) is 11.5 Å². The van der Waals surface area contributed by atoms with Crippen LogP contribution >= 0.6 is 0 Å². The number of hydrogen-bond donors (Lipinski definition) is 1. The van der Waals surface area contributed by atoms with Crippen molar-refractivity contribution in [1.82, 2.24) is 0 Å². The fraction of sp³-hybridized carbons (Fsp3) is 0.0714. The van der Waals surface area contributed by atoms with Crippen LogP contribution in [-0.4, -0.2) is 11.4 Å².